The van der Waals surface area contributed by atoms with Crippen molar-refractivity contribution in [1.29, 1.82) is 0 Å². The lowest BCUT2D eigenvalue weighted by atomic mass is 10.1. The Hall–Kier alpha value is -3.82. The molecular weight excluding hydrogens is 416 g/mol. The monoisotopic (exact) mass is 434 g/mol. The number of aromatic nitrogens is 1. The number of hydrogen-bond acceptors (Lipinski definition) is 7. The Bertz CT molecular complexity index is 1400. The van der Waals surface area contributed by atoms with Gasteiger partial charge in [-0.1, -0.05) is 36.4 Å². The van der Waals surface area contributed by atoms with Crippen LogP contribution < -0.4 is 10.5 Å². The first-order valence-electron chi connectivity index (χ1n) is 9.18. The Morgan fingerprint density at radius 2 is 1.68 bits per heavy atom. The van der Waals surface area contributed by atoms with Gasteiger partial charge < -0.3 is 10.5 Å². The van der Waals surface area contributed by atoms with Crippen molar-refractivity contribution in [3.63, 3.8) is 0 Å². The molecular formula is C22H18N4O4S. The van der Waals surface area contributed by atoms with E-state index in [1.165, 1.54) is 12.3 Å². The quantitative estimate of drug-likeness (QED) is 0.254. The summed E-state index contributed by atoms with van der Waals surface area (Å²) in [6, 6.07) is 18.8. The normalized spacial score (nSPS) is 11.8. The van der Waals surface area contributed by atoms with Crippen molar-refractivity contribution in [3.8, 4) is 17.0 Å². The van der Waals surface area contributed by atoms with E-state index in [4.69, 9.17) is 10.5 Å². The fourth-order valence-corrected chi connectivity index (χ4v) is 3.94. The Labute approximate surface area is 178 Å². The van der Waals surface area contributed by atoms with Gasteiger partial charge in [0.15, 0.2) is 0 Å². The molecule has 0 saturated carbocycles. The van der Waals surface area contributed by atoms with E-state index in [1.807, 2.05) is 24.3 Å². The van der Waals surface area contributed by atoms with Gasteiger partial charge in [-0.25, -0.2) is 0 Å². The van der Waals surface area contributed by atoms with Crippen LogP contribution in [-0.4, -0.2) is 25.1 Å². The average Bonchev–Trinajstić information content (AvgIpc) is 2.78. The summed E-state index contributed by atoms with van der Waals surface area (Å²) in [6.07, 6.45) is 1.53. The minimum atomic E-state index is -4.48. The number of nitrogen functional groups attached to an aromatic ring is 1. The molecule has 0 spiro atoms. The molecule has 31 heavy (non-hydrogen) atoms. The Morgan fingerprint density at radius 3 is 2.35 bits per heavy atom. The molecule has 0 radical (unpaired) electrons. The molecule has 3 N–H and O–H groups in total. The first-order chi connectivity index (χ1) is 14.9. The maximum Gasteiger partial charge on any atom is 0.295 e. The molecule has 3 aromatic carbocycles. The van der Waals surface area contributed by atoms with Gasteiger partial charge in [-0.15, -0.1) is 10.2 Å². The molecule has 0 unspecified atom stereocenters. The molecule has 0 amide bonds. The molecule has 9 heteroatoms. The van der Waals surface area contributed by atoms with Gasteiger partial charge in [-0.2, -0.15) is 8.42 Å². The number of benzene rings is 3. The van der Waals surface area contributed by atoms with Gasteiger partial charge in [0, 0.05) is 16.3 Å². The standard InChI is InChI=1S/C22H18N4O4S/c1-30-20-9-5-4-8-17(20)18-11-10-14(13-24-18)25-26-19-12-21(31(27,28)29)15-6-2-3-7-16(15)22(19)23/h2-13H,23H2,1H3,(H,27,28,29)/b26-25+. The third-order valence-electron chi connectivity index (χ3n) is 4.71. The summed E-state index contributed by atoms with van der Waals surface area (Å²) >= 11 is 0. The predicted molar refractivity (Wildman–Crippen MR) is 119 cm³/mol. The van der Waals surface area contributed by atoms with Crippen LogP contribution in [0.2, 0.25) is 0 Å². The van der Waals surface area contributed by atoms with Gasteiger partial charge in [0.1, 0.15) is 22.0 Å². The molecule has 0 aliphatic rings. The lowest BCUT2D eigenvalue weighted by molar-refractivity contribution is 0.416. The molecule has 0 saturated heterocycles. The second-order valence-corrected chi connectivity index (χ2v) is 8.02. The zero-order valence-corrected chi connectivity index (χ0v) is 17.2. The van der Waals surface area contributed by atoms with Crippen molar-refractivity contribution >= 4 is 38.0 Å². The van der Waals surface area contributed by atoms with Crippen LogP contribution in [0.4, 0.5) is 17.1 Å². The minimum absolute atomic E-state index is 0.125. The van der Waals surface area contributed by atoms with Crippen LogP contribution in [0.1, 0.15) is 0 Å². The number of ether oxygens (including phenoxy) is 1. The summed E-state index contributed by atoms with van der Waals surface area (Å²) < 4.78 is 38.6. The van der Waals surface area contributed by atoms with Crippen LogP contribution in [0, 0.1) is 0 Å². The number of pyridine rings is 1. The van der Waals surface area contributed by atoms with Gasteiger partial charge in [0.25, 0.3) is 10.1 Å². The smallest absolute Gasteiger partial charge is 0.295 e. The lowest BCUT2D eigenvalue weighted by Gasteiger charge is -2.09. The number of anilines is 1. The maximum atomic E-state index is 11.8. The molecule has 1 aromatic heterocycles. The van der Waals surface area contributed by atoms with Crippen LogP contribution in [0.15, 0.2) is 88.1 Å². The first-order valence-corrected chi connectivity index (χ1v) is 10.6. The number of fused-ring (bicyclic) bond motifs is 1. The highest BCUT2D eigenvalue weighted by Gasteiger charge is 2.18. The fraction of sp³-hybridized carbons (Fsp3) is 0.0455. The van der Waals surface area contributed by atoms with Gasteiger partial charge in [-0.3, -0.25) is 9.54 Å². The van der Waals surface area contributed by atoms with Crippen LogP contribution >= 0.6 is 0 Å². The number of rotatable bonds is 5. The molecule has 0 bridgehead atoms. The Morgan fingerprint density at radius 1 is 0.968 bits per heavy atom. The third-order valence-corrected chi connectivity index (χ3v) is 5.60. The molecule has 0 aliphatic heterocycles. The van der Waals surface area contributed by atoms with E-state index in [2.05, 4.69) is 15.2 Å². The van der Waals surface area contributed by atoms with Crippen LogP contribution in [0.3, 0.4) is 0 Å². The Kier molecular flexibility index (Phi) is 5.37. The number of methoxy groups -OCH3 is 1. The SMILES string of the molecule is COc1ccccc1-c1ccc(/N=N/c2cc(S(=O)(=O)O)c3ccccc3c2N)cn1. The number of para-hydroxylation sites is 1. The molecule has 8 nitrogen and oxygen atoms in total. The second-order valence-electron chi connectivity index (χ2n) is 6.63. The largest absolute Gasteiger partial charge is 0.496 e. The van der Waals surface area contributed by atoms with Gasteiger partial charge in [0.05, 0.1) is 24.7 Å². The maximum absolute atomic E-state index is 11.8. The van der Waals surface area contributed by atoms with Crippen LogP contribution in [0.25, 0.3) is 22.0 Å². The Balaban J connectivity index is 1.71. The van der Waals surface area contributed by atoms with E-state index >= 15 is 0 Å². The molecule has 0 aliphatic carbocycles. The summed E-state index contributed by atoms with van der Waals surface area (Å²) in [7, 11) is -2.88. The van der Waals surface area contributed by atoms with Crippen LogP contribution in [-0.2, 0) is 10.1 Å². The van der Waals surface area contributed by atoms with Crippen molar-refractivity contribution in [1.82, 2.24) is 4.98 Å². The van der Waals surface area contributed by atoms with E-state index < -0.39 is 10.1 Å². The van der Waals surface area contributed by atoms with Gasteiger partial charge in [0.2, 0.25) is 0 Å². The summed E-state index contributed by atoms with van der Waals surface area (Å²) in [5, 5.41) is 8.98. The van der Waals surface area contributed by atoms with Crippen molar-refractivity contribution < 1.29 is 17.7 Å². The van der Waals surface area contributed by atoms with Crippen molar-refractivity contribution in [3.05, 3.63) is 72.9 Å². The average molecular weight is 434 g/mol. The number of azo groups is 1. The van der Waals surface area contributed by atoms with Gasteiger partial charge >= 0.3 is 0 Å². The fourth-order valence-electron chi connectivity index (χ4n) is 3.22. The summed E-state index contributed by atoms with van der Waals surface area (Å²) in [4.78, 5) is 4.12. The highest BCUT2D eigenvalue weighted by molar-refractivity contribution is 7.86. The van der Waals surface area contributed by atoms with E-state index in [1.54, 1.807) is 43.5 Å². The van der Waals surface area contributed by atoms with E-state index in [0.29, 0.717) is 27.9 Å². The van der Waals surface area contributed by atoms with Gasteiger partial charge in [-0.05, 0) is 30.3 Å². The molecule has 4 rings (SSSR count). The first kappa shape index (κ1) is 20.5. The van der Waals surface area contributed by atoms with E-state index in [-0.39, 0.29) is 16.3 Å². The second kappa shape index (κ2) is 8.13. The molecule has 156 valence electrons. The van der Waals surface area contributed by atoms with Crippen molar-refractivity contribution in [2.75, 3.05) is 12.8 Å². The summed E-state index contributed by atoms with van der Waals surface area (Å²) in [5.74, 6) is 0.700. The topological polar surface area (TPSA) is 127 Å². The molecule has 4 aromatic rings. The number of nitrogens with zero attached hydrogens (tertiary/aromatic N) is 3. The highest BCUT2D eigenvalue weighted by atomic mass is 32.2. The molecule has 0 atom stereocenters. The number of hydrogen-bond donors (Lipinski definition) is 2. The van der Waals surface area contributed by atoms with Crippen molar-refractivity contribution in [2.24, 2.45) is 10.2 Å². The van der Waals surface area contributed by atoms with E-state index in [0.717, 1.165) is 5.56 Å². The van der Waals surface area contributed by atoms with Crippen molar-refractivity contribution in [2.45, 2.75) is 4.90 Å². The zero-order valence-electron chi connectivity index (χ0n) is 16.4. The molecule has 1 heterocycles. The zero-order chi connectivity index (χ0) is 22.0. The molecule has 0 fully saturated rings. The predicted octanol–water partition coefficient (Wildman–Crippen LogP) is 5.15. The van der Waals surface area contributed by atoms with E-state index in [9.17, 15) is 13.0 Å². The third kappa shape index (κ3) is 4.09. The number of nitrogens with two attached hydrogens (primary N) is 1. The van der Waals surface area contributed by atoms with Crippen LogP contribution in [0.5, 0.6) is 5.75 Å². The summed E-state index contributed by atoms with van der Waals surface area (Å²) in [6.45, 7) is 0. The highest BCUT2D eigenvalue weighted by Crippen LogP contribution is 2.37. The summed E-state index contributed by atoms with van der Waals surface area (Å²) in [5.41, 5.74) is 8.53. The lowest BCUT2D eigenvalue weighted by Crippen LogP contribution is -2.01. The minimum Gasteiger partial charge on any atom is -0.496 e.